The molecule has 0 aromatic heterocycles. The molecule has 0 bridgehead atoms. The summed E-state index contributed by atoms with van der Waals surface area (Å²) in [6.45, 7) is 11.8. The van der Waals surface area contributed by atoms with Crippen LogP contribution in [-0.2, 0) is 14.6 Å². The summed E-state index contributed by atoms with van der Waals surface area (Å²) in [7, 11) is -2.78. The van der Waals surface area contributed by atoms with Crippen molar-refractivity contribution in [3.63, 3.8) is 0 Å². The van der Waals surface area contributed by atoms with Crippen LogP contribution in [0, 0.1) is 17.3 Å². The van der Waals surface area contributed by atoms with Gasteiger partial charge in [0.2, 0.25) is 5.91 Å². The zero-order valence-corrected chi connectivity index (χ0v) is 13.7. The van der Waals surface area contributed by atoms with Gasteiger partial charge in [0.15, 0.2) is 9.84 Å². The molecule has 0 aromatic carbocycles. The van der Waals surface area contributed by atoms with Crippen LogP contribution in [0.15, 0.2) is 0 Å². The van der Waals surface area contributed by atoms with E-state index in [1.165, 1.54) is 0 Å². The van der Waals surface area contributed by atoms with E-state index in [9.17, 15) is 13.2 Å². The van der Waals surface area contributed by atoms with Crippen molar-refractivity contribution in [3.05, 3.63) is 0 Å². The molecular formula is C14H27NO3S. The van der Waals surface area contributed by atoms with Gasteiger partial charge in [0, 0.05) is 11.0 Å². The van der Waals surface area contributed by atoms with Crippen LogP contribution in [0.2, 0.25) is 0 Å². The van der Waals surface area contributed by atoms with Gasteiger partial charge in [-0.1, -0.05) is 20.8 Å². The van der Waals surface area contributed by atoms with Crippen molar-refractivity contribution < 1.29 is 13.2 Å². The van der Waals surface area contributed by atoms with Gasteiger partial charge in [-0.25, -0.2) is 8.42 Å². The Labute approximate surface area is 117 Å². The molecule has 1 N–H and O–H groups in total. The molecule has 4 nitrogen and oxygen atoms in total. The highest BCUT2D eigenvalue weighted by Gasteiger charge is 2.40. The second kappa shape index (κ2) is 5.08. The first-order chi connectivity index (χ1) is 8.32. The number of hydrogen-bond donors (Lipinski definition) is 1. The predicted octanol–water partition coefficient (Wildman–Crippen LogP) is 2.00. The van der Waals surface area contributed by atoms with Gasteiger partial charge in [0.25, 0.3) is 0 Å². The molecule has 1 atom stereocenters. The van der Waals surface area contributed by atoms with E-state index in [2.05, 4.69) is 5.32 Å². The fourth-order valence-corrected chi connectivity index (χ4v) is 4.37. The van der Waals surface area contributed by atoms with Crippen LogP contribution in [0.5, 0.6) is 0 Å². The normalized spacial score (nSPS) is 21.6. The molecule has 1 saturated heterocycles. The van der Waals surface area contributed by atoms with Crippen molar-refractivity contribution in [2.24, 2.45) is 17.3 Å². The average Bonchev–Trinajstić information content (AvgIpc) is 2.10. The van der Waals surface area contributed by atoms with Crippen LogP contribution < -0.4 is 5.32 Å². The highest BCUT2D eigenvalue weighted by atomic mass is 32.2. The summed E-state index contributed by atoms with van der Waals surface area (Å²) in [4.78, 5) is 12.2. The summed E-state index contributed by atoms with van der Waals surface area (Å²) in [5.74, 6) is 1.07. The number of rotatable bonds is 4. The molecule has 1 aliphatic rings. The van der Waals surface area contributed by atoms with Crippen molar-refractivity contribution in [1.82, 2.24) is 5.32 Å². The van der Waals surface area contributed by atoms with Gasteiger partial charge in [-0.05, 0) is 39.0 Å². The zero-order valence-electron chi connectivity index (χ0n) is 12.9. The van der Waals surface area contributed by atoms with Gasteiger partial charge in [-0.2, -0.15) is 0 Å². The third kappa shape index (κ3) is 4.79. The Bertz CT molecular complexity index is 434. The minimum absolute atomic E-state index is 0.0361. The summed E-state index contributed by atoms with van der Waals surface area (Å²) in [6, 6.07) is 0. The van der Waals surface area contributed by atoms with Crippen LogP contribution >= 0.6 is 0 Å². The summed E-state index contributed by atoms with van der Waals surface area (Å²) in [5.41, 5.74) is -0.705. The second-order valence-corrected chi connectivity index (χ2v) is 9.76. The van der Waals surface area contributed by atoms with Crippen LogP contribution in [-0.4, -0.2) is 31.4 Å². The van der Waals surface area contributed by atoms with E-state index in [-0.39, 0.29) is 34.8 Å². The number of nitrogens with one attached hydrogen (secondary N) is 1. The minimum atomic E-state index is -2.78. The molecule has 1 heterocycles. The van der Waals surface area contributed by atoms with Gasteiger partial charge in [0.1, 0.15) is 0 Å². The van der Waals surface area contributed by atoms with Crippen molar-refractivity contribution in [2.45, 2.75) is 53.5 Å². The number of carbonyl (C=O) groups excluding carboxylic acids is 1. The molecule has 112 valence electrons. The van der Waals surface area contributed by atoms with E-state index >= 15 is 0 Å². The minimum Gasteiger partial charge on any atom is -0.351 e. The molecule has 1 aliphatic heterocycles. The summed E-state index contributed by atoms with van der Waals surface area (Å²) in [5, 5.41) is 3.00. The first-order valence-electron chi connectivity index (χ1n) is 6.85. The van der Waals surface area contributed by atoms with Crippen LogP contribution in [0.3, 0.4) is 0 Å². The summed E-state index contributed by atoms with van der Waals surface area (Å²) in [6.07, 6.45) is 0.717. The van der Waals surface area contributed by atoms with E-state index in [1.54, 1.807) is 0 Å². The highest BCUT2D eigenvalue weighted by Crippen LogP contribution is 2.35. The molecule has 5 heteroatoms. The third-order valence-corrected chi connectivity index (χ3v) is 5.55. The molecule has 19 heavy (non-hydrogen) atoms. The maximum absolute atomic E-state index is 12.2. The number of amides is 1. The maximum atomic E-state index is 12.2. The van der Waals surface area contributed by atoms with Gasteiger partial charge < -0.3 is 5.32 Å². The maximum Gasteiger partial charge on any atom is 0.226 e. The number of sulfone groups is 1. The highest BCUT2D eigenvalue weighted by molar-refractivity contribution is 7.92. The smallest absolute Gasteiger partial charge is 0.226 e. The first kappa shape index (κ1) is 16.5. The van der Waals surface area contributed by atoms with Crippen LogP contribution in [0.25, 0.3) is 0 Å². The summed E-state index contributed by atoms with van der Waals surface area (Å²) < 4.78 is 22.4. The van der Waals surface area contributed by atoms with Crippen molar-refractivity contribution in [3.8, 4) is 0 Å². The molecule has 1 unspecified atom stereocenters. The zero-order chi connectivity index (χ0) is 15.1. The standard InChI is InChI=1S/C14H27NO3S/c1-10(11-8-19(17,18)9-11)7-14(5,6)12(16)15-13(2,3)4/h10-11H,7-9H2,1-6H3,(H,15,16). The van der Waals surface area contributed by atoms with Crippen molar-refractivity contribution in [1.29, 1.82) is 0 Å². The first-order valence-corrected chi connectivity index (χ1v) is 8.68. The van der Waals surface area contributed by atoms with E-state index in [0.29, 0.717) is 0 Å². The second-order valence-electron chi connectivity index (χ2n) is 7.61. The van der Waals surface area contributed by atoms with E-state index < -0.39 is 15.3 Å². The lowest BCUT2D eigenvalue weighted by atomic mass is 9.78. The lowest BCUT2D eigenvalue weighted by molar-refractivity contribution is -0.131. The lowest BCUT2D eigenvalue weighted by Crippen LogP contribution is -2.49. The fourth-order valence-electron chi connectivity index (χ4n) is 2.51. The predicted molar refractivity (Wildman–Crippen MR) is 77.6 cm³/mol. The van der Waals surface area contributed by atoms with Gasteiger partial charge in [-0.3, -0.25) is 4.79 Å². The molecule has 1 rings (SSSR count). The molecular weight excluding hydrogens is 262 g/mol. The molecule has 0 saturated carbocycles. The van der Waals surface area contributed by atoms with E-state index in [4.69, 9.17) is 0 Å². The largest absolute Gasteiger partial charge is 0.351 e. The van der Waals surface area contributed by atoms with Crippen molar-refractivity contribution in [2.75, 3.05) is 11.5 Å². The van der Waals surface area contributed by atoms with Crippen LogP contribution in [0.4, 0.5) is 0 Å². The van der Waals surface area contributed by atoms with Crippen molar-refractivity contribution >= 4 is 15.7 Å². The molecule has 0 radical (unpaired) electrons. The molecule has 0 aromatic rings. The molecule has 0 aliphatic carbocycles. The average molecular weight is 289 g/mol. The number of carbonyl (C=O) groups is 1. The Morgan fingerprint density at radius 2 is 1.68 bits per heavy atom. The Kier molecular flexibility index (Phi) is 4.40. The van der Waals surface area contributed by atoms with E-state index in [0.717, 1.165) is 6.42 Å². The lowest BCUT2D eigenvalue weighted by Gasteiger charge is -2.36. The Balaban J connectivity index is 2.57. The topological polar surface area (TPSA) is 63.2 Å². The summed E-state index contributed by atoms with van der Waals surface area (Å²) >= 11 is 0. The Morgan fingerprint density at radius 3 is 2.05 bits per heavy atom. The quantitative estimate of drug-likeness (QED) is 0.861. The Hall–Kier alpha value is -0.580. The Morgan fingerprint density at radius 1 is 1.21 bits per heavy atom. The molecule has 0 spiro atoms. The number of hydrogen-bond acceptors (Lipinski definition) is 3. The molecule has 1 fully saturated rings. The monoisotopic (exact) mass is 289 g/mol. The van der Waals surface area contributed by atoms with Crippen LogP contribution in [0.1, 0.15) is 48.0 Å². The fraction of sp³-hybridized carbons (Fsp3) is 0.929. The van der Waals surface area contributed by atoms with Gasteiger partial charge >= 0.3 is 0 Å². The van der Waals surface area contributed by atoms with Gasteiger partial charge in [-0.15, -0.1) is 0 Å². The SMILES string of the molecule is CC(CC(C)(C)C(=O)NC(C)(C)C)C1CS(=O)(=O)C1. The van der Waals surface area contributed by atoms with Gasteiger partial charge in [0.05, 0.1) is 11.5 Å². The molecule has 1 amide bonds. The third-order valence-electron chi connectivity index (χ3n) is 3.68. The van der Waals surface area contributed by atoms with E-state index in [1.807, 2.05) is 41.5 Å².